The maximum Gasteiger partial charge on any atom is 0.325 e. The SMILES string of the molecule is Nc1nc(N)nc(CN2C(=O)N[C@]3(CCCc4sccc43)C2=O)n1. The van der Waals surface area contributed by atoms with Crippen molar-refractivity contribution in [3.8, 4) is 0 Å². The van der Waals surface area contributed by atoms with Gasteiger partial charge in [0.1, 0.15) is 5.54 Å². The standard InChI is InChI=1S/C14H15N7O2S/c15-11-17-9(18-12(16)19-11)6-21-10(22)14(20-13(21)23)4-1-2-8-7(14)3-5-24-8/h3,5H,1-2,4,6H2,(H,20,23)(H4,15,16,17,18,19)/t14-/m0/s1. The van der Waals surface area contributed by atoms with E-state index in [2.05, 4.69) is 20.3 Å². The molecule has 2 aliphatic rings. The van der Waals surface area contributed by atoms with E-state index in [0.29, 0.717) is 6.42 Å². The lowest BCUT2D eigenvalue weighted by atomic mass is 9.80. The molecule has 1 spiro atoms. The third kappa shape index (κ3) is 2.10. The number of hydrogen-bond donors (Lipinski definition) is 3. The quantitative estimate of drug-likeness (QED) is 0.668. The van der Waals surface area contributed by atoms with Crippen molar-refractivity contribution in [3.05, 3.63) is 27.7 Å². The molecule has 1 fully saturated rings. The first-order valence-corrected chi connectivity index (χ1v) is 8.34. The van der Waals surface area contributed by atoms with Crippen molar-refractivity contribution in [2.75, 3.05) is 11.5 Å². The molecule has 1 aliphatic carbocycles. The fraction of sp³-hybridized carbons (Fsp3) is 0.357. The highest BCUT2D eigenvalue weighted by atomic mass is 32.1. The average Bonchev–Trinajstić information content (AvgIpc) is 3.08. The van der Waals surface area contributed by atoms with Crippen LogP contribution in [0.5, 0.6) is 0 Å². The molecule has 5 N–H and O–H groups in total. The highest BCUT2D eigenvalue weighted by Crippen LogP contribution is 2.42. The smallest absolute Gasteiger partial charge is 0.325 e. The van der Waals surface area contributed by atoms with Gasteiger partial charge in [0.15, 0.2) is 5.82 Å². The summed E-state index contributed by atoms with van der Waals surface area (Å²) in [6.07, 6.45) is 2.36. The maximum absolute atomic E-state index is 13.0. The second kappa shape index (κ2) is 5.13. The number of amides is 3. The summed E-state index contributed by atoms with van der Waals surface area (Å²) in [5.74, 6) is -0.194. The van der Waals surface area contributed by atoms with Crippen LogP contribution < -0.4 is 16.8 Å². The molecule has 0 radical (unpaired) electrons. The Kier molecular flexibility index (Phi) is 3.17. The minimum atomic E-state index is -0.977. The summed E-state index contributed by atoms with van der Waals surface area (Å²) < 4.78 is 0. The van der Waals surface area contributed by atoms with Crippen LogP contribution in [0.25, 0.3) is 0 Å². The number of anilines is 2. The number of aromatic nitrogens is 3. The zero-order chi connectivity index (χ0) is 16.9. The number of aryl methyl sites for hydroxylation is 1. The van der Waals surface area contributed by atoms with Gasteiger partial charge in [-0.15, -0.1) is 11.3 Å². The van der Waals surface area contributed by atoms with Gasteiger partial charge in [0.25, 0.3) is 5.91 Å². The van der Waals surface area contributed by atoms with E-state index in [1.165, 1.54) is 0 Å². The van der Waals surface area contributed by atoms with Crippen molar-refractivity contribution < 1.29 is 9.59 Å². The van der Waals surface area contributed by atoms with Gasteiger partial charge in [-0.05, 0) is 30.7 Å². The third-order valence-corrected chi connectivity index (χ3v) is 5.33. The number of carbonyl (C=O) groups is 2. The van der Waals surface area contributed by atoms with E-state index < -0.39 is 11.6 Å². The monoisotopic (exact) mass is 345 g/mol. The van der Waals surface area contributed by atoms with E-state index in [0.717, 1.165) is 28.2 Å². The number of nitrogens with one attached hydrogen (secondary N) is 1. The molecule has 9 nitrogen and oxygen atoms in total. The Morgan fingerprint density at radius 2 is 2.00 bits per heavy atom. The number of nitrogens with two attached hydrogens (primary N) is 2. The van der Waals surface area contributed by atoms with Crippen LogP contribution in [0.2, 0.25) is 0 Å². The molecule has 0 bridgehead atoms. The van der Waals surface area contributed by atoms with E-state index in [1.807, 2.05) is 11.4 Å². The van der Waals surface area contributed by atoms with Crippen molar-refractivity contribution >= 4 is 35.2 Å². The molecule has 0 saturated carbocycles. The molecule has 4 rings (SSSR count). The lowest BCUT2D eigenvalue weighted by Gasteiger charge is -2.31. The largest absolute Gasteiger partial charge is 0.368 e. The lowest BCUT2D eigenvalue weighted by molar-refractivity contribution is -0.132. The van der Waals surface area contributed by atoms with Gasteiger partial charge in [0.2, 0.25) is 11.9 Å². The van der Waals surface area contributed by atoms with E-state index in [9.17, 15) is 9.59 Å². The zero-order valence-corrected chi connectivity index (χ0v) is 13.5. The summed E-state index contributed by atoms with van der Waals surface area (Å²) >= 11 is 1.61. The summed E-state index contributed by atoms with van der Waals surface area (Å²) in [6.45, 7) is -0.0944. The van der Waals surface area contributed by atoms with Gasteiger partial charge in [-0.2, -0.15) is 15.0 Å². The number of carbonyl (C=O) groups excluding carboxylic acids is 2. The summed E-state index contributed by atoms with van der Waals surface area (Å²) in [4.78, 5) is 39.3. The van der Waals surface area contributed by atoms with Crippen molar-refractivity contribution in [1.29, 1.82) is 0 Å². The van der Waals surface area contributed by atoms with Crippen molar-refractivity contribution in [1.82, 2.24) is 25.2 Å². The Morgan fingerprint density at radius 3 is 2.75 bits per heavy atom. The average molecular weight is 345 g/mol. The number of fused-ring (bicyclic) bond motifs is 2. The Morgan fingerprint density at radius 1 is 1.25 bits per heavy atom. The number of nitrogens with zero attached hydrogens (tertiary/aromatic N) is 4. The first-order chi connectivity index (χ1) is 11.5. The molecule has 3 amide bonds. The van der Waals surface area contributed by atoms with E-state index in [1.54, 1.807) is 11.3 Å². The van der Waals surface area contributed by atoms with Crippen molar-refractivity contribution in [2.45, 2.75) is 31.3 Å². The molecular weight excluding hydrogens is 330 g/mol. The van der Waals surface area contributed by atoms with Crippen LogP contribution in [0.1, 0.15) is 29.1 Å². The van der Waals surface area contributed by atoms with Gasteiger partial charge in [0.05, 0.1) is 6.54 Å². The molecule has 10 heteroatoms. The molecule has 2 aromatic heterocycles. The summed E-state index contributed by atoms with van der Waals surface area (Å²) in [6, 6.07) is 1.45. The van der Waals surface area contributed by atoms with Crippen LogP contribution in [-0.2, 0) is 23.3 Å². The molecule has 1 atom stereocenters. The Labute approximate surface area is 141 Å². The lowest BCUT2D eigenvalue weighted by Crippen LogP contribution is -2.46. The van der Waals surface area contributed by atoms with Crippen molar-refractivity contribution in [3.63, 3.8) is 0 Å². The highest BCUT2D eigenvalue weighted by molar-refractivity contribution is 7.10. The Balaban J connectivity index is 1.68. The normalized spacial score (nSPS) is 22.8. The molecule has 24 heavy (non-hydrogen) atoms. The molecule has 124 valence electrons. The molecule has 2 aromatic rings. The fourth-order valence-electron chi connectivity index (χ4n) is 3.35. The first-order valence-electron chi connectivity index (χ1n) is 7.46. The molecule has 0 unspecified atom stereocenters. The summed E-state index contributed by atoms with van der Waals surface area (Å²) in [7, 11) is 0. The second-order valence-electron chi connectivity index (χ2n) is 5.81. The van der Waals surface area contributed by atoms with Crippen LogP contribution >= 0.6 is 11.3 Å². The molecular formula is C14H15N7O2S. The van der Waals surface area contributed by atoms with Gasteiger partial charge in [0, 0.05) is 10.4 Å². The van der Waals surface area contributed by atoms with Crippen LogP contribution in [-0.4, -0.2) is 31.8 Å². The minimum absolute atomic E-state index is 0.0444. The molecule has 1 aliphatic heterocycles. The Bertz CT molecular complexity index is 831. The van der Waals surface area contributed by atoms with Crippen LogP contribution in [0.4, 0.5) is 16.7 Å². The van der Waals surface area contributed by atoms with Crippen LogP contribution in [0.15, 0.2) is 11.4 Å². The van der Waals surface area contributed by atoms with E-state index >= 15 is 0 Å². The van der Waals surface area contributed by atoms with Crippen LogP contribution in [0, 0.1) is 0 Å². The summed E-state index contributed by atoms with van der Waals surface area (Å²) in [5, 5.41) is 4.82. The van der Waals surface area contributed by atoms with E-state index in [-0.39, 0.29) is 30.2 Å². The number of hydrogen-bond acceptors (Lipinski definition) is 8. The zero-order valence-electron chi connectivity index (χ0n) is 12.7. The number of urea groups is 1. The number of rotatable bonds is 2. The number of thiophene rings is 1. The maximum atomic E-state index is 13.0. The molecule has 0 aromatic carbocycles. The third-order valence-electron chi connectivity index (χ3n) is 4.35. The predicted octanol–water partition coefficient (Wildman–Crippen LogP) is 0.381. The number of imide groups is 1. The second-order valence-corrected chi connectivity index (χ2v) is 6.81. The van der Waals surface area contributed by atoms with Gasteiger partial charge >= 0.3 is 6.03 Å². The van der Waals surface area contributed by atoms with Gasteiger partial charge < -0.3 is 16.8 Å². The Hall–Kier alpha value is -2.75. The van der Waals surface area contributed by atoms with Gasteiger partial charge in [-0.25, -0.2) is 4.79 Å². The fourth-order valence-corrected chi connectivity index (χ4v) is 4.35. The highest BCUT2D eigenvalue weighted by Gasteiger charge is 2.54. The van der Waals surface area contributed by atoms with Gasteiger partial charge in [-0.3, -0.25) is 9.69 Å². The molecule has 3 heterocycles. The van der Waals surface area contributed by atoms with Crippen molar-refractivity contribution in [2.24, 2.45) is 0 Å². The molecule has 1 saturated heterocycles. The van der Waals surface area contributed by atoms with Crippen LogP contribution in [0.3, 0.4) is 0 Å². The topological polar surface area (TPSA) is 140 Å². The number of nitrogen functional groups attached to an aromatic ring is 2. The van der Waals surface area contributed by atoms with Gasteiger partial charge in [-0.1, -0.05) is 0 Å². The first kappa shape index (κ1) is 14.8. The van der Waals surface area contributed by atoms with E-state index in [4.69, 9.17) is 11.5 Å². The summed E-state index contributed by atoms with van der Waals surface area (Å²) in [5.41, 5.74) is 11.0. The predicted molar refractivity (Wildman–Crippen MR) is 86.7 cm³/mol. The minimum Gasteiger partial charge on any atom is -0.368 e.